The fraction of sp³-hybridized carbons (Fsp3) is 0.667. The average molecular weight is 451 g/mol. The Morgan fingerprint density at radius 2 is 0.750 bits per heavy atom. The van der Waals surface area contributed by atoms with Crippen molar-refractivity contribution in [3.05, 3.63) is 0 Å². The summed E-state index contributed by atoms with van der Waals surface area (Å²) in [5, 5.41) is 18.0. The Morgan fingerprint density at radius 3 is 0.938 bits per heavy atom. The molecular weight excluding hydrogens is 392 g/mol. The van der Waals surface area contributed by atoms with Crippen molar-refractivity contribution in [2.75, 3.05) is 13.2 Å². The molecule has 0 radical (unpaired) electrons. The second-order valence-corrected chi connectivity index (χ2v) is 5.54. The highest BCUT2D eigenvalue weighted by atomic mass is 16.3. The summed E-state index contributed by atoms with van der Waals surface area (Å²) in [6, 6.07) is 0. The van der Waals surface area contributed by atoms with Crippen LogP contribution in [0.25, 0.3) is 0 Å². The van der Waals surface area contributed by atoms with Crippen molar-refractivity contribution < 1.29 is 10.2 Å². The molecular formula is C30H58O2. The largest absolute Gasteiger partial charge is 0.396 e. The standard InChI is InChI=1S/C12H24O2.C10H2.8CH4/c1-3-9-10(4-2)12(6-8-14)11(9)5-7-13;1-3-5-7-9-10-8-6-4-2;;;;;;;;/h9-14H,3-8H2,1-2H3;1-2H;8*1H4. The Balaban J connectivity index is -0.0000000390. The van der Waals surface area contributed by atoms with Gasteiger partial charge in [-0.25, -0.2) is 0 Å². The number of terminal acetylenes is 2. The second-order valence-electron chi connectivity index (χ2n) is 5.54. The predicted molar refractivity (Wildman–Crippen MR) is 153 cm³/mol. The summed E-state index contributed by atoms with van der Waals surface area (Å²) in [6.07, 6.45) is 13.9. The summed E-state index contributed by atoms with van der Waals surface area (Å²) in [6.45, 7) is 5.10. The molecule has 2 nitrogen and oxygen atoms in total. The molecule has 0 aromatic carbocycles. The van der Waals surface area contributed by atoms with E-state index >= 15 is 0 Å². The summed E-state index contributed by atoms with van der Waals surface area (Å²) in [7, 11) is 0. The van der Waals surface area contributed by atoms with Crippen molar-refractivity contribution in [3.63, 3.8) is 0 Å². The molecule has 1 rings (SSSR count). The quantitative estimate of drug-likeness (QED) is 0.414. The van der Waals surface area contributed by atoms with Gasteiger partial charge in [-0.2, -0.15) is 0 Å². The summed E-state index contributed by atoms with van der Waals surface area (Å²) < 4.78 is 0. The summed E-state index contributed by atoms with van der Waals surface area (Å²) >= 11 is 0. The zero-order valence-electron chi connectivity index (χ0n) is 14.6. The molecule has 2 heteroatoms. The van der Waals surface area contributed by atoms with Crippen molar-refractivity contribution in [2.45, 2.75) is 98.9 Å². The molecule has 2 N–H and O–H groups in total. The van der Waals surface area contributed by atoms with Crippen LogP contribution in [0.15, 0.2) is 0 Å². The molecule has 1 fully saturated rings. The van der Waals surface area contributed by atoms with Crippen LogP contribution in [0.4, 0.5) is 0 Å². The van der Waals surface area contributed by atoms with E-state index in [9.17, 15) is 0 Å². The van der Waals surface area contributed by atoms with Crippen LogP contribution in [0.1, 0.15) is 98.9 Å². The fourth-order valence-electron chi connectivity index (χ4n) is 3.69. The van der Waals surface area contributed by atoms with E-state index in [0.29, 0.717) is 25.0 Å². The molecule has 190 valence electrons. The Morgan fingerprint density at radius 1 is 0.500 bits per heavy atom. The highest BCUT2D eigenvalue weighted by Gasteiger charge is 2.46. The lowest BCUT2D eigenvalue weighted by molar-refractivity contribution is -0.0523. The number of hydrogen-bond donors (Lipinski definition) is 2. The van der Waals surface area contributed by atoms with Crippen molar-refractivity contribution in [1.29, 1.82) is 0 Å². The minimum atomic E-state index is 0. The molecule has 0 aliphatic heterocycles. The van der Waals surface area contributed by atoms with Gasteiger partial charge in [0.25, 0.3) is 0 Å². The van der Waals surface area contributed by atoms with Crippen LogP contribution in [-0.4, -0.2) is 23.4 Å². The van der Waals surface area contributed by atoms with Crippen molar-refractivity contribution in [2.24, 2.45) is 23.7 Å². The zero-order valence-corrected chi connectivity index (χ0v) is 14.6. The second kappa shape index (κ2) is 39.2. The van der Waals surface area contributed by atoms with Crippen LogP contribution in [-0.2, 0) is 0 Å². The third-order valence-electron chi connectivity index (χ3n) is 4.52. The van der Waals surface area contributed by atoms with E-state index in [-0.39, 0.29) is 59.4 Å². The number of aliphatic hydroxyl groups excluding tert-OH is 2. The van der Waals surface area contributed by atoms with Gasteiger partial charge in [0.1, 0.15) is 0 Å². The lowest BCUT2D eigenvalue weighted by Crippen LogP contribution is -2.47. The molecule has 0 saturated heterocycles. The molecule has 0 aromatic heterocycles. The van der Waals surface area contributed by atoms with Crippen LogP contribution in [0, 0.1) is 83.9 Å². The Kier molecular flexibility index (Phi) is 70.0. The lowest BCUT2D eigenvalue weighted by Gasteiger charge is -2.52. The maximum atomic E-state index is 9.00. The average Bonchev–Trinajstić information content (AvgIpc) is 2.59. The Bertz CT molecular complexity index is 560. The van der Waals surface area contributed by atoms with Gasteiger partial charge in [-0.3, -0.25) is 0 Å². The third-order valence-corrected chi connectivity index (χ3v) is 4.52. The molecule has 0 aromatic rings. The first kappa shape index (κ1) is 57.1. The van der Waals surface area contributed by atoms with Gasteiger partial charge in [0, 0.05) is 13.2 Å². The topological polar surface area (TPSA) is 40.5 Å². The summed E-state index contributed by atoms with van der Waals surface area (Å²) in [5.41, 5.74) is 0. The molecule has 1 saturated carbocycles. The minimum Gasteiger partial charge on any atom is -0.396 e. The normalized spacial score (nSPS) is 17.2. The molecule has 0 heterocycles. The van der Waals surface area contributed by atoms with Gasteiger partial charge >= 0.3 is 0 Å². The molecule has 1 aliphatic rings. The molecule has 32 heavy (non-hydrogen) atoms. The van der Waals surface area contributed by atoms with Gasteiger partial charge < -0.3 is 10.2 Å². The molecule has 4 atom stereocenters. The van der Waals surface area contributed by atoms with Gasteiger partial charge in [-0.1, -0.05) is 86.1 Å². The van der Waals surface area contributed by atoms with Gasteiger partial charge in [0.05, 0.1) is 0 Å². The van der Waals surface area contributed by atoms with E-state index in [2.05, 4.69) is 61.2 Å². The van der Waals surface area contributed by atoms with E-state index in [0.717, 1.165) is 24.7 Å². The van der Waals surface area contributed by atoms with Gasteiger partial charge in [0.2, 0.25) is 0 Å². The van der Waals surface area contributed by atoms with Crippen LogP contribution in [0.3, 0.4) is 0 Å². The first-order chi connectivity index (χ1) is 11.7. The SMILES string of the molecule is C.C.C.C.C.C.C.C.C#CC#CC#CC#CC#C.CCC1C(CC)C(CCO)C1CCO. The predicted octanol–water partition coefficient (Wildman–Crippen LogP) is 7.40. The minimum absolute atomic E-state index is 0. The van der Waals surface area contributed by atoms with E-state index in [1.54, 1.807) is 0 Å². The highest BCUT2D eigenvalue weighted by molar-refractivity contribution is 5.41. The summed E-state index contributed by atoms with van der Waals surface area (Å²) in [4.78, 5) is 0. The van der Waals surface area contributed by atoms with Crippen molar-refractivity contribution >= 4 is 0 Å². The third kappa shape index (κ3) is 21.0. The highest BCUT2D eigenvalue weighted by Crippen LogP contribution is 2.52. The van der Waals surface area contributed by atoms with Crippen molar-refractivity contribution in [1.82, 2.24) is 0 Å². The van der Waals surface area contributed by atoms with E-state index < -0.39 is 0 Å². The Labute approximate surface area is 206 Å². The zero-order chi connectivity index (χ0) is 18.2. The fourth-order valence-corrected chi connectivity index (χ4v) is 3.69. The van der Waals surface area contributed by atoms with Gasteiger partial charge in [-0.05, 0) is 83.9 Å². The lowest BCUT2D eigenvalue weighted by atomic mass is 9.53. The van der Waals surface area contributed by atoms with Gasteiger partial charge in [0.15, 0.2) is 0 Å². The maximum absolute atomic E-state index is 9.00. The summed E-state index contributed by atoms with van der Waals surface area (Å²) in [5.74, 6) is 21.3. The molecule has 0 bridgehead atoms. The number of rotatable bonds is 6. The smallest absolute Gasteiger partial charge is 0.0433 e. The Hall–Kier alpha value is -2.28. The van der Waals surface area contributed by atoms with Crippen LogP contribution in [0.2, 0.25) is 0 Å². The van der Waals surface area contributed by atoms with Crippen LogP contribution >= 0.6 is 0 Å². The molecule has 4 unspecified atom stereocenters. The van der Waals surface area contributed by atoms with Gasteiger partial charge in [-0.15, -0.1) is 12.8 Å². The molecule has 0 amide bonds. The van der Waals surface area contributed by atoms with Crippen LogP contribution < -0.4 is 0 Å². The number of hydrogen-bond acceptors (Lipinski definition) is 2. The first-order valence-corrected chi connectivity index (χ1v) is 8.34. The first-order valence-electron chi connectivity index (χ1n) is 8.34. The van der Waals surface area contributed by atoms with E-state index in [1.807, 2.05) is 0 Å². The van der Waals surface area contributed by atoms with Crippen LogP contribution in [0.5, 0.6) is 0 Å². The monoisotopic (exact) mass is 450 g/mol. The maximum Gasteiger partial charge on any atom is 0.0433 e. The van der Waals surface area contributed by atoms with E-state index in [1.165, 1.54) is 12.8 Å². The number of aliphatic hydroxyl groups is 2. The van der Waals surface area contributed by atoms with Crippen molar-refractivity contribution in [3.8, 4) is 60.2 Å². The van der Waals surface area contributed by atoms with E-state index in [4.69, 9.17) is 23.1 Å². The molecule has 0 spiro atoms. The molecule has 1 aliphatic carbocycles.